The lowest BCUT2D eigenvalue weighted by Gasteiger charge is -2.07. The Balaban J connectivity index is 1.61. The molecule has 0 fully saturated rings. The molecule has 0 aromatic heterocycles. The van der Waals surface area contributed by atoms with Crippen LogP contribution >= 0.6 is 31.9 Å². The Kier molecular flexibility index (Phi) is 8.47. The van der Waals surface area contributed by atoms with E-state index < -0.39 is 11.9 Å². The third-order valence-electron chi connectivity index (χ3n) is 3.40. The molecule has 0 unspecified atom stereocenters. The Morgan fingerprint density at radius 1 is 0.741 bits per heavy atom. The number of amides is 2. The van der Waals surface area contributed by atoms with Crippen molar-refractivity contribution in [3.63, 3.8) is 0 Å². The Bertz CT molecular complexity index is 792. The van der Waals surface area contributed by atoms with Gasteiger partial charge in [-0.3, -0.25) is 14.4 Å². The van der Waals surface area contributed by atoms with Gasteiger partial charge in [0.1, 0.15) is 0 Å². The molecule has 2 aromatic rings. The van der Waals surface area contributed by atoms with Gasteiger partial charge in [-0.2, -0.15) is 0 Å². The van der Waals surface area contributed by atoms with Crippen LogP contribution in [0.1, 0.15) is 19.3 Å². The molecule has 0 heterocycles. The molecular formula is C19H18Br2N2O4. The summed E-state index contributed by atoms with van der Waals surface area (Å²) >= 11 is 6.63. The largest absolute Gasteiger partial charge is 0.456 e. The van der Waals surface area contributed by atoms with Gasteiger partial charge >= 0.3 is 5.97 Å². The Morgan fingerprint density at radius 2 is 1.22 bits per heavy atom. The smallest absolute Gasteiger partial charge is 0.306 e. The molecule has 2 N–H and O–H groups in total. The van der Waals surface area contributed by atoms with Crippen LogP contribution in [-0.2, 0) is 19.1 Å². The molecule has 27 heavy (non-hydrogen) atoms. The van der Waals surface area contributed by atoms with Crippen LogP contribution in [0.25, 0.3) is 0 Å². The number of hydrogen-bond donors (Lipinski definition) is 2. The molecule has 8 heteroatoms. The zero-order chi connectivity index (χ0) is 19.6. The Hall–Kier alpha value is -2.19. The van der Waals surface area contributed by atoms with E-state index in [1.807, 2.05) is 12.1 Å². The van der Waals surface area contributed by atoms with E-state index in [1.54, 1.807) is 36.4 Å². The molecule has 0 atom stereocenters. The van der Waals surface area contributed by atoms with Gasteiger partial charge in [-0.15, -0.1) is 0 Å². The van der Waals surface area contributed by atoms with Gasteiger partial charge in [0.25, 0.3) is 5.91 Å². The van der Waals surface area contributed by atoms with Crippen LogP contribution in [0.15, 0.2) is 57.5 Å². The quantitative estimate of drug-likeness (QED) is 0.526. The molecule has 2 aromatic carbocycles. The lowest BCUT2D eigenvalue weighted by Crippen LogP contribution is -2.21. The molecule has 0 bridgehead atoms. The molecule has 0 saturated carbocycles. The molecule has 6 nitrogen and oxygen atoms in total. The van der Waals surface area contributed by atoms with E-state index in [-0.39, 0.29) is 25.4 Å². The molecule has 0 radical (unpaired) electrons. The second-order valence-electron chi connectivity index (χ2n) is 5.62. The van der Waals surface area contributed by atoms with Crippen LogP contribution in [0.5, 0.6) is 0 Å². The summed E-state index contributed by atoms with van der Waals surface area (Å²) in [5, 5.41) is 5.37. The zero-order valence-corrected chi connectivity index (χ0v) is 17.5. The van der Waals surface area contributed by atoms with Gasteiger partial charge in [0.15, 0.2) is 6.61 Å². The van der Waals surface area contributed by atoms with Gasteiger partial charge in [-0.25, -0.2) is 0 Å². The highest BCUT2D eigenvalue weighted by atomic mass is 79.9. The van der Waals surface area contributed by atoms with E-state index >= 15 is 0 Å². The number of nitrogens with one attached hydrogen (secondary N) is 2. The van der Waals surface area contributed by atoms with Crippen molar-refractivity contribution >= 4 is 61.0 Å². The van der Waals surface area contributed by atoms with E-state index in [0.29, 0.717) is 17.8 Å². The fourth-order valence-electron chi connectivity index (χ4n) is 2.10. The molecule has 0 saturated heterocycles. The summed E-state index contributed by atoms with van der Waals surface area (Å²) in [6.07, 6.45) is 0.602. The lowest BCUT2D eigenvalue weighted by molar-refractivity contribution is -0.147. The number of carbonyl (C=O) groups is 3. The van der Waals surface area contributed by atoms with Gasteiger partial charge in [0.05, 0.1) is 0 Å². The molecule has 2 amide bonds. The molecule has 0 aliphatic rings. The normalized spacial score (nSPS) is 10.1. The first kappa shape index (κ1) is 21.1. The molecule has 0 aliphatic heterocycles. The topological polar surface area (TPSA) is 84.5 Å². The van der Waals surface area contributed by atoms with Crippen LogP contribution < -0.4 is 10.6 Å². The van der Waals surface area contributed by atoms with Crippen LogP contribution in [0.4, 0.5) is 11.4 Å². The highest BCUT2D eigenvalue weighted by molar-refractivity contribution is 9.10. The third kappa shape index (κ3) is 8.36. The molecule has 142 valence electrons. The SMILES string of the molecule is O=C(CCCC(=O)OCC(=O)Nc1ccc(Br)cc1)Nc1ccc(Br)cc1. The molecular weight excluding hydrogens is 480 g/mol. The number of ether oxygens (including phenoxy) is 1. The number of halogens is 2. The van der Waals surface area contributed by atoms with E-state index in [1.165, 1.54) is 0 Å². The van der Waals surface area contributed by atoms with Gasteiger partial charge in [-0.05, 0) is 55.0 Å². The minimum atomic E-state index is -0.516. The number of hydrogen-bond acceptors (Lipinski definition) is 4. The first-order chi connectivity index (χ1) is 12.9. The third-order valence-corrected chi connectivity index (χ3v) is 4.46. The van der Waals surface area contributed by atoms with Gasteiger partial charge in [0, 0.05) is 33.2 Å². The van der Waals surface area contributed by atoms with E-state index in [2.05, 4.69) is 42.5 Å². The average molecular weight is 498 g/mol. The van der Waals surface area contributed by atoms with Gasteiger partial charge in [-0.1, -0.05) is 31.9 Å². The van der Waals surface area contributed by atoms with Crippen molar-refractivity contribution in [3.8, 4) is 0 Å². The van der Waals surface area contributed by atoms with E-state index in [9.17, 15) is 14.4 Å². The summed E-state index contributed by atoms with van der Waals surface area (Å²) in [5.41, 5.74) is 1.30. The molecule has 2 rings (SSSR count). The summed E-state index contributed by atoms with van der Waals surface area (Å²) in [5.74, 6) is -1.12. The van der Waals surface area contributed by atoms with Crippen molar-refractivity contribution in [1.29, 1.82) is 0 Å². The Morgan fingerprint density at radius 3 is 1.74 bits per heavy atom. The summed E-state index contributed by atoms with van der Waals surface area (Å²) in [6.45, 7) is -0.361. The lowest BCUT2D eigenvalue weighted by atomic mass is 10.2. The van der Waals surface area contributed by atoms with Crippen molar-refractivity contribution in [2.75, 3.05) is 17.2 Å². The number of esters is 1. The van der Waals surface area contributed by atoms with Crippen LogP contribution in [0.3, 0.4) is 0 Å². The number of anilines is 2. The average Bonchev–Trinajstić information content (AvgIpc) is 2.64. The van der Waals surface area contributed by atoms with E-state index in [0.717, 1.165) is 8.95 Å². The maximum Gasteiger partial charge on any atom is 0.306 e. The van der Waals surface area contributed by atoms with Crippen LogP contribution in [0.2, 0.25) is 0 Å². The fourth-order valence-corrected chi connectivity index (χ4v) is 2.63. The summed E-state index contributed by atoms with van der Waals surface area (Å²) in [6, 6.07) is 14.3. The second kappa shape index (κ2) is 10.8. The first-order valence-electron chi connectivity index (χ1n) is 8.19. The van der Waals surface area contributed by atoms with Crippen molar-refractivity contribution in [3.05, 3.63) is 57.5 Å². The monoisotopic (exact) mass is 496 g/mol. The van der Waals surface area contributed by atoms with Crippen molar-refractivity contribution in [1.82, 2.24) is 0 Å². The summed E-state index contributed by atoms with van der Waals surface area (Å²) in [7, 11) is 0. The standard InChI is InChI=1S/C19H18Br2N2O4/c20-13-4-8-15(9-5-13)22-17(24)2-1-3-19(26)27-12-18(25)23-16-10-6-14(21)7-11-16/h4-11H,1-3,12H2,(H,22,24)(H,23,25). The van der Waals surface area contributed by atoms with Gasteiger partial charge in [0.2, 0.25) is 5.91 Å². The highest BCUT2D eigenvalue weighted by Gasteiger charge is 2.10. The second-order valence-corrected chi connectivity index (χ2v) is 7.46. The number of carbonyl (C=O) groups excluding carboxylic acids is 3. The van der Waals surface area contributed by atoms with Crippen molar-refractivity contribution in [2.45, 2.75) is 19.3 Å². The van der Waals surface area contributed by atoms with Gasteiger partial charge < -0.3 is 15.4 Å². The number of rotatable bonds is 8. The molecule has 0 spiro atoms. The van der Waals surface area contributed by atoms with Crippen LogP contribution in [0, 0.1) is 0 Å². The summed E-state index contributed by atoms with van der Waals surface area (Å²) < 4.78 is 6.74. The fraction of sp³-hybridized carbons (Fsp3) is 0.211. The number of benzene rings is 2. The zero-order valence-electron chi connectivity index (χ0n) is 14.3. The maximum absolute atomic E-state index is 11.8. The first-order valence-corrected chi connectivity index (χ1v) is 9.77. The Labute approximate surface area is 173 Å². The maximum atomic E-state index is 11.8. The minimum Gasteiger partial charge on any atom is -0.456 e. The highest BCUT2D eigenvalue weighted by Crippen LogP contribution is 2.15. The van der Waals surface area contributed by atoms with Crippen LogP contribution in [-0.4, -0.2) is 24.4 Å². The predicted octanol–water partition coefficient (Wildman–Crippen LogP) is 4.50. The minimum absolute atomic E-state index is 0.0688. The van der Waals surface area contributed by atoms with Crippen molar-refractivity contribution in [2.24, 2.45) is 0 Å². The molecule has 0 aliphatic carbocycles. The predicted molar refractivity (Wildman–Crippen MR) is 110 cm³/mol. The van der Waals surface area contributed by atoms with Crippen molar-refractivity contribution < 1.29 is 19.1 Å². The van der Waals surface area contributed by atoms with E-state index in [4.69, 9.17) is 4.74 Å². The summed E-state index contributed by atoms with van der Waals surface area (Å²) in [4.78, 5) is 35.2.